The van der Waals surface area contributed by atoms with Crippen LogP contribution in [0.2, 0.25) is 0 Å². The second-order valence-electron chi connectivity index (χ2n) is 7.07. The Kier molecular flexibility index (Phi) is 5.10. The van der Waals surface area contributed by atoms with Gasteiger partial charge in [0.2, 0.25) is 0 Å². The van der Waals surface area contributed by atoms with Crippen molar-refractivity contribution in [3.05, 3.63) is 46.5 Å². The van der Waals surface area contributed by atoms with Crippen LogP contribution in [0.5, 0.6) is 0 Å². The van der Waals surface area contributed by atoms with Gasteiger partial charge in [-0.05, 0) is 50.2 Å². The number of aromatic nitrogens is 1. The summed E-state index contributed by atoms with van der Waals surface area (Å²) in [6.07, 6.45) is 5.49. The van der Waals surface area contributed by atoms with Gasteiger partial charge in [0.05, 0.1) is 5.54 Å². The minimum Gasteiger partial charge on any atom is -0.381 e. The number of ether oxygens (including phenoxy) is 1. The molecule has 2 heterocycles. The number of carbonyl (C=O) groups is 1. The predicted molar refractivity (Wildman–Crippen MR) is 98.9 cm³/mol. The first-order chi connectivity index (χ1) is 13.1. The van der Waals surface area contributed by atoms with E-state index in [1.165, 1.54) is 29.5 Å². The molecule has 0 atom stereocenters. The molecular weight excluding hydrogens is 372 g/mol. The minimum atomic E-state index is -1.000. The monoisotopic (exact) mass is 393 g/mol. The summed E-state index contributed by atoms with van der Waals surface area (Å²) in [4.78, 5) is 17.9. The van der Waals surface area contributed by atoms with Crippen LogP contribution in [0.3, 0.4) is 0 Å². The van der Waals surface area contributed by atoms with Crippen molar-refractivity contribution in [3.63, 3.8) is 0 Å². The van der Waals surface area contributed by atoms with Crippen molar-refractivity contribution in [1.29, 1.82) is 0 Å². The molecule has 8 heteroatoms. The lowest BCUT2D eigenvalue weighted by atomic mass is 9.71. The van der Waals surface area contributed by atoms with Gasteiger partial charge in [-0.15, -0.1) is 11.3 Å². The summed E-state index contributed by atoms with van der Waals surface area (Å²) in [6.45, 7) is 1.48. The number of urea groups is 1. The van der Waals surface area contributed by atoms with Gasteiger partial charge in [0.25, 0.3) is 0 Å². The highest BCUT2D eigenvalue weighted by molar-refractivity contribution is 7.15. The summed E-state index contributed by atoms with van der Waals surface area (Å²) < 4.78 is 33.8. The van der Waals surface area contributed by atoms with Crippen LogP contribution in [0.15, 0.2) is 24.4 Å². The van der Waals surface area contributed by atoms with Crippen molar-refractivity contribution in [2.75, 3.05) is 18.5 Å². The molecule has 2 aromatic rings. The third kappa shape index (κ3) is 3.68. The lowest BCUT2D eigenvalue weighted by molar-refractivity contribution is 0.0860. The van der Waals surface area contributed by atoms with E-state index in [1.807, 2.05) is 0 Å². The average molecular weight is 393 g/mol. The maximum Gasteiger partial charge on any atom is 0.321 e. The van der Waals surface area contributed by atoms with Gasteiger partial charge in [-0.3, -0.25) is 5.32 Å². The number of hydrogen-bond acceptors (Lipinski definition) is 4. The van der Waals surface area contributed by atoms with Crippen molar-refractivity contribution in [2.45, 2.75) is 43.6 Å². The molecule has 0 bridgehead atoms. The van der Waals surface area contributed by atoms with Crippen molar-refractivity contribution in [3.8, 4) is 0 Å². The Labute approximate surface area is 160 Å². The van der Waals surface area contributed by atoms with E-state index in [2.05, 4.69) is 15.6 Å². The number of carbonyl (C=O) groups excluding carboxylic acids is 1. The van der Waals surface area contributed by atoms with E-state index in [9.17, 15) is 13.6 Å². The van der Waals surface area contributed by atoms with Gasteiger partial charge < -0.3 is 10.1 Å². The molecule has 0 unspecified atom stereocenters. The Morgan fingerprint density at radius 2 is 1.93 bits per heavy atom. The average Bonchev–Trinajstić information content (AvgIpc) is 3.08. The van der Waals surface area contributed by atoms with Gasteiger partial charge in [-0.2, -0.15) is 0 Å². The van der Waals surface area contributed by atoms with Crippen LogP contribution < -0.4 is 10.6 Å². The number of benzene rings is 1. The van der Waals surface area contributed by atoms with Crippen molar-refractivity contribution in [1.82, 2.24) is 10.3 Å². The Morgan fingerprint density at radius 3 is 2.56 bits per heavy atom. The Morgan fingerprint density at radius 1 is 1.22 bits per heavy atom. The Hall–Kier alpha value is -2.06. The molecule has 0 radical (unpaired) electrons. The molecule has 2 aliphatic rings. The summed E-state index contributed by atoms with van der Waals surface area (Å²) in [5.74, 6) is -0.863. The van der Waals surface area contributed by atoms with E-state index in [-0.39, 0.29) is 5.56 Å². The predicted octanol–water partition coefficient (Wildman–Crippen LogP) is 4.52. The second kappa shape index (κ2) is 7.52. The van der Waals surface area contributed by atoms with E-state index in [1.54, 1.807) is 6.20 Å². The number of amides is 2. The molecule has 1 aliphatic heterocycles. The molecule has 1 aromatic heterocycles. The van der Waals surface area contributed by atoms with E-state index >= 15 is 0 Å². The summed E-state index contributed by atoms with van der Waals surface area (Å²) >= 11 is 1.43. The molecule has 5 nitrogen and oxygen atoms in total. The lowest BCUT2D eigenvalue weighted by Gasteiger charge is -2.43. The quantitative estimate of drug-likeness (QED) is 0.803. The van der Waals surface area contributed by atoms with Crippen LogP contribution in [-0.4, -0.2) is 24.2 Å². The summed E-state index contributed by atoms with van der Waals surface area (Å²) in [5.41, 5.74) is -1.06. The zero-order valence-corrected chi connectivity index (χ0v) is 15.6. The number of rotatable bonds is 4. The zero-order valence-electron chi connectivity index (χ0n) is 14.8. The van der Waals surface area contributed by atoms with E-state index < -0.39 is 23.2 Å². The van der Waals surface area contributed by atoms with Crippen LogP contribution >= 0.6 is 11.3 Å². The topological polar surface area (TPSA) is 63.2 Å². The molecule has 2 N–H and O–H groups in total. The third-order valence-electron chi connectivity index (χ3n) is 5.37. The van der Waals surface area contributed by atoms with Crippen LogP contribution in [0.25, 0.3) is 0 Å². The highest BCUT2D eigenvalue weighted by atomic mass is 32.1. The molecule has 1 saturated heterocycles. The first-order valence-corrected chi connectivity index (χ1v) is 9.96. The number of hydrogen-bond donors (Lipinski definition) is 2. The fourth-order valence-corrected chi connectivity index (χ4v) is 4.76. The molecule has 2 amide bonds. The molecule has 27 heavy (non-hydrogen) atoms. The van der Waals surface area contributed by atoms with Crippen LogP contribution in [-0.2, 0) is 10.3 Å². The van der Waals surface area contributed by atoms with Gasteiger partial charge in [0.15, 0.2) is 5.13 Å². The molecular formula is C19H21F2N3O2S. The van der Waals surface area contributed by atoms with E-state index in [4.69, 9.17) is 4.74 Å². The van der Waals surface area contributed by atoms with Gasteiger partial charge in [-0.25, -0.2) is 18.6 Å². The van der Waals surface area contributed by atoms with Gasteiger partial charge >= 0.3 is 6.03 Å². The van der Waals surface area contributed by atoms with Crippen molar-refractivity contribution >= 4 is 22.5 Å². The number of nitrogens with zero attached hydrogens (tertiary/aromatic N) is 1. The first kappa shape index (κ1) is 18.3. The van der Waals surface area contributed by atoms with Crippen molar-refractivity contribution in [2.24, 2.45) is 0 Å². The van der Waals surface area contributed by atoms with Crippen LogP contribution in [0, 0.1) is 11.6 Å². The number of thiazole rings is 1. The Balaban J connectivity index is 1.45. The summed E-state index contributed by atoms with van der Waals surface area (Å²) in [7, 11) is 0. The minimum absolute atomic E-state index is 0.0616. The molecule has 1 aliphatic carbocycles. The first-order valence-electron chi connectivity index (χ1n) is 9.14. The fourth-order valence-electron chi connectivity index (χ4n) is 3.78. The van der Waals surface area contributed by atoms with E-state index in [0.29, 0.717) is 23.9 Å². The maximum atomic E-state index is 14.2. The second-order valence-corrected chi connectivity index (χ2v) is 8.13. The Bertz CT molecular complexity index is 812. The van der Waals surface area contributed by atoms with Gasteiger partial charge in [0.1, 0.15) is 11.6 Å². The number of anilines is 1. The molecule has 0 spiro atoms. The molecule has 1 saturated carbocycles. The highest BCUT2D eigenvalue weighted by Gasteiger charge is 2.44. The van der Waals surface area contributed by atoms with Crippen LogP contribution in [0.1, 0.15) is 48.5 Å². The van der Waals surface area contributed by atoms with E-state index in [0.717, 1.165) is 37.4 Å². The normalized spacial score (nSPS) is 19.3. The standard InChI is InChI=1S/C19H21F2N3O2S/c20-13-3-1-4-14(21)16(13)19(7-2-8-19)24-17(25)23-18-22-11-15(27-18)12-5-9-26-10-6-12/h1,3-4,11-12H,2,5-10H2,(H2,22,23,24,25). The number of halogens is 2. The van der Waals surface area contributed by atoms with Crippen molar-refractivity contribution < 1.29 is 18.3 Å². The van der Waals surface area contributed by atoms with Crippen LogP contribution in [0.4, 0.5) is 18.7 Å². The maximum absolute atomic E-state index is 14.2. The molecule has 4 rings (SSSR count). The molecule has 1 aromatic carbocycles. The fraction of sp³-hybridized carbons (Fsp3) is 0.474. The smallest absolute Gasteiger partial charge is 0.321 e. The molecule has 2 fully saturated rings. The SMILES string of the molecule is O=C(Nc1ncc(C2CCOCC2)s1)NC1(c2c(F)cccc2F)CCC1. The summed E-state index contributed by atoms with van der Waals surface area (Å²) in [5, 5.41) is 5.98. The largest absolute Gasteiger partial charge is 0.381 e. The molecule has 144 valence electrons. The number of nitrogens with one attached hydrogen (secondary N) is 2. The highest BCUT2D eigenvalue weighted by Crippen LogP contribution is 2.43. The van der Waals surface area contributed by atoms with Gasteiger partial charge in [-0.1, -0.05) is 6.07 Å². The lowest BCUT2D eigenvalue weighted by Crippen LogP contribution is -2.53. The summed E-state index contributed by atoms with van der Waals surface area (Å²) in [6, 6.07) is 3.27. The third-order valence-corrected chi connectivity index (χ3v) is 6.44. The van der Waals surface area contributed by atoms with Gasteiger partial charge in [0, 0.05) is 29.9 Å². The zero-order chi connectivity index (χ0) is 18.9.